The summed E-state index contributed by atoms with van der Waals surface area (Å²) in [7, 11) is -1.98. The lowest BCUT2D eigenvalue weighted by molar-refractivity contribution is -0.117. The van der Waals surface area contributed by atoms with Crippen molar-refractivity contribution in [1.29, 1.82) is 0 Å². The van der Waals surface area contributed by atoms with Crippen LogP contribution in [0.3, 0.4) is 0 Å². The molecule has 12 nitrogen and oxygen atoms in total. The molecule has 4 aromatic rings. The Bertz CT molecular complexity index is 1750. The van der Waals surface area contributed by atoms with Gasteiger partial charge in [-0.1, -0.05) is 6.07 Å². The Labute approximate surface area is 250 Å². The van der Waals surface area contributed by atoms with E-state index < -0.39 is 9.84 Å². The second kappa shape index (κ2) is 12.1. The second-order valence-electron chi connectivity index (χ2n) is 11.3. The van der Waals surface area contributed by atoms with Crippen molar-refractivity contribution in [3.05, 3.63) is 42.4 Å². The van der Waals surface area contributed by atoms with Gasteiger partial charge in [-0.05, 0) is 63.6 Å². The van der Waals surface area contributed by atoms with Crippen LogP contribution < -0.4 is 10.6 Å². The zero-order chi connectivity index (χ0) is 30.1. The van der Waals surface area contributed by atoms with Crippen LogP contribution in [0.15, 0.2) is 41.4 Å². The number of anilines is 3. The monoisotopic (exact) mass is 607 g/mol. The number of carbonyl (C=O) groups is 1. The summed E-state index contributed by atoms with van der Waals surface area (Å²) in [4.78, 5) is 22.4. The van der Waals surface area contributed by atoms with Gasteiger partial charge < -0.3 is 20.1 Å². The van der Waals surface area contributed by atoms with Crippen LogP contribution in [0.25, 0.3) is 22.4 Å². The molecule has 2 fully saturated rings. The highest BCUT2D eigenvalue weighted by Crippen LogP contribution is 2.37. The van der Waals surface area contributed by atoms with Gasteiger partial charge in [-0.3, -0.25) is 14.0 Å². The van der Waals surface area contributed by atoms with Crippen molar-refractivity contribution < 1.29 is 22.7 Å². The van der Waals surface area contributed by atoms with E-state index in [1.165, 1.54) is 6.26 Å². The Morgan fingerprint density at radius 3 is 2.67 bits per heavy atom. The van der Waals surface area contributed by atoms with Crippen molar-refractivity contribution in [1.82, 2.24) is 24.3 Å². The lowest BCUT2D eigenvalue weighted by Crippen LogP contribution is -2.20. The van der Waals surface area contributed by atoms with Crippen LogP contribution in [0.2, 0.25) is 0 Å². The highest BCUT2D eigenvalue weighted by Gasteiger charge is 2.31. The fraction of sp³-hybridized carbons (Fsp3) is 0.467. The smallest absolute Gasteiger partial charge is 0.228 e. The normalized spacial score (nSPS) is 17.3. The topological polar surface area (TPSA) is 142 Å². The molecule has 0 bridgehead atoms. The van der Waals surface area contributed by atoms with Gasteiger partial charge in [0, 0.05) is 56.9 Å². The van der Waals surface area contributed by atoms with Crippen LogP contribution >= 0.6 is 0 Å². The lowest BCUT2D eigenvalue weighted by atomic mass is 10.1. The van der Waals surface area contributed by atoms with Crippen LogP contribution in [0.4, 0.5) is 17.2 Å². The first-order valence-electron chi connectivity index (χ1n) is 14.7. The lowest BCUT2D eigenvalue weighted by Gasteiger charge is -2.25. The molecule has 228 valence electrons. The Morgan fingerprint density at radius 2 is 1.95 bits per heavy atom. The molecule has 1 aliphatic heterocycles. The molecule has 4 heterocycles. The summed E-state index contributed by atoms with van der Waals surface area (Å²) in [5, 5.41) is 10.9. The minimum Gasteiger partial charge on any atom is -0.385 e. The fourth-order valence-corrected chi connectivity index (χ4v) is 6.28. The molecule has 1 saturated heterocycles. The summed E-state index contributed by atoms with van der Waals surface area (Å²) in [5.41, 5.74) is 3.41. The van der Waals surface area contributed by atoms with Gasteiger partial charge >= 0.3 is 0 Å². The number of pyridine rings is 1. The van der Waals surface area contributed by atoms with Gasteiger partial charge in [0.1, 0.15) is 23.4 Å². The van der Waals surface area contributed by atoms with Crippen LogP contribution in [0.5, 0.6) is 0 Å². The van der Waals surface area contributed by atoms with E-state index in [1.54, 1.807) is 25.3 Å². The van der Waals surface area contributed by atoms with Gasteiger partial charge in [0.15, 0.2) is 15.5 Å². The molecule has 0 radical (unpaired) electrons. The predicted molar refractivity (Wildman–Crippen MR) is 163 cm³/mol. The molecule has 1 unspecified atom stereocenters. The number of fused-ring (bicyclic) bond motifs is 1. The maximum Gasteiger partial charge on any atom is 0.228 e. The van der Waals surface area contributed by atoms with E-state index in [-0.39, 0.29) is 22.9 Å². The number of imidazole rings is 1. The molecule has 1 aliphatic carbocycles. The third-order valence-corrected chi connectivity index (χ3v) is 8.93. The number of carbonyl (C=O) groups excluding carboxylic acids is 1. The molecule has 1 aromatic carbocycles. The van der Waals surface area contributed by atoms with Gasteiger partial charge in [0.25, 0.3) is 0 Å². The molecule has 43 heavy (non-hydrogen) atoms. The van der Waals surface area contributed by atoms with Gasteiger partial charge in [0.05, 0.1) is 22.0 Å². The largest absolute Gasteiger partial charge is 0.385 e. The van der Waals surface area contributed by atoms with E-state index in [9.17, 15) is 13.2 Å². The van der Waals surface area contributed by atoms with Crippen molar-refractivity contribution in [2.45, 2.75) is 63.1 Å². The number of ether oxygens (including phenoxy) is 2. The second-order valence-corrected chi connectivity index (χ2v) is 13.2. The summed E-state index contributed by atoms with van der Waals surface area (Å²) >= 11 is 0. The third kappa shape index (κ3) is 6.43. The standard InChI is InChI=1S/C30H37N7O5S/c1-19-31-28-24(18-26(34-30(38)20-8-9-20)33-29(28)37(19)27-7-4-5-16-42-27)32-23-11-10-21(17-25(23)43(3,39)40)22-12-14-36(35-22)13-6-15-41-2/h10-12,14,17-18,20,27H,4-9,13,15-16H2,1-3H3,(H2,32,33,34,38). The Balaban J connectivity index is 1.39. The summed E-state index contributed by atoms with van der Waals surface area (Å²) in [6.07, 6.45) is 8.25. The number of amides is 1. The van der Waals surface area contributed by atoms with E-state index in [0.717, 1.165) is 44.3 Å². The summed E-state index contributed by atoms with van der Waals surface area (Å²) in [5.74, 6) is 1.02. The maximum absolute atomic E-state index is 13.0. The Kier molecular flexibility index (Phi) is 8.21. The van der Waals surface area contributed by atoms with E-state index in [4.69, 9.17) is 19.4 Å². The van der Waals surface area contributed by atoms with Crippen molar-refractivity contribution in [3.63, 3.8) is 0 Å². The molecular weight excluding hydrogens is 570 g/mol. The van der Waals surface area contributed by atoms with E-state index in [2.05, 4.69) is 15.7 Å². The Morgan fingerprint density at radius 1 is 1.12 bits per heavy atom. The number of hydrogen-bond donors (Lipinski definition) is 2. The van der Waals surface area contributed by atoms with Crippen LogP contribution in [-0.2, 0) is 30.7 Å². The molecule has 0 spiro atoms. The SMILES string of the molecule is COCCCn1ccc(-c2ccc(Nc3cc(NC(=O)C4CC4)nc4c3nc(C)n4C3CCCCO3)c(S(C)(=O)=O)c2)n1. The number of benzene rings is 1. The summed E-state index contributed by atoms with van der Waals surface area (Å²) < 4.78 is 41.1. The number of aromatic nitrogens is 5. The van der Waals surface area contributed by atoms with Crippen LogP contribution in [-0.4, -0.2) is 65.2 Å². The maximum atomic E-state index is 13.0. The van der Waals surface area contributed by atoms with Crippen molar-refractivity contribution in [2.75, 3.05) is 37.2 Å². The Hall–Kier alpha value is -3.81. The molecule has 13 heteroatoms. The number of nitrogens with zero attached hydrogens (tertiary/aromatic N) is 5. The molecule has 1 atom stereocenters. The third-order valence-electron chi connectivity index (χ3n) is 7.79. The first kappa shape index (κ1) is 29.3. The number of nitrogens with one attached hydrogen (secondary N) is 2. The number of methoxy groups -OCH3 is 1. The van der Waals surface area contributed by atoms with E-state index >= 15 is 0 Å². The van der Waals surface area contributed by atoms with Crippen LogP contribution in [0.1, 0.15) is 50.6 Å². The van der Waals surface area contributed by atoms with Crippen molar-refractivity contribution in [2.24, 2.45) is 5.92 Å². The fourth-order valence-electron chi connectivity index (χ4n) is 5.43. The zero-order valence-electron chi connectivity index (χ0n) is 24.7. The van der Waals surface area contributed by atoms with Gasteiger partial charge in [0.2, 0.25) is 5.91 Å². The molecule has 3 aromatic heterocycles. The molecule has 2 N–H and O–H groups in total. The van der Waals surface area contributed by atoms with E-state index in [0.29, 0.717) is 59.4 Å². The molecule has 1 amide bonds. The first-order chi connectivity index (χ1) is 20.7. The van der Waals surface area contributed by atoms with Gasteiger partial charge in [-0.15, -0.1) is 0 Å². The van der Waals surface area contributed by atoms with E-state index in [1.807, 2.05) is 34.5 Å². The molecule has 6 rings (SSSR count). The van der Waals surface area contributed by atoms with Crippen molar-refractivity contribution >= 4 is 44.1 Å². The number of rotatable bonds is 11. The minimum atomic E-state index is -3.64. The van der Waals surface area contributed by atoms with Crippen molar-refractivity contribution in [3.8, 4) is 11.3 Å². The summed E-state index contributed by atoms with van der Waals surface area (Å²) in [6.45, 7) is 3.88. The highest BCUT2D eigenvalue weighted by atomic mass is 32.2. The number of hydrogen-bond acceptors (Lipinski definition) is 9. The number of aryl methyl sites for hydroxylation is 2. The number of sulfone groups is 1. The van der Waals surface area contributed by atoms with Crippen LogP contribution in [0, 0.1) is 12.8 Å². The summed E-state index contributed by atoms with van der Waals surface area (Å²) in [6, 6.07) is 8.78. The highest BCUT2D eigenvalue weighted by molar-refractivity contribution is 7.90. The molecule has 1 saturated carbocycles. The quantitative estimate of drug-likeness (QED) is 0.229. The minimum absolute atomic E-state index is 0.00457. The first-order valence-corrected chi connectivity index (χ1v) is 16.6. The van der Waals surface area contributed by atoms with Gasteiger partial charge in [-0.25, -0.2) is 18.4 Å². The average molecular weight is 608 g/mol. The molecule has 2 aliphatic rings. The average Bonchev–Trinajstić information content (AvgIpc) is 3.64. The predicted octanol–water partition coefficient (Wildman–Crippen LogP) is 4.83. The van der Waals surface area contributed by atoms with Gasteiger partial charge in [-0.2, -0.15) is 5.10 Å². The molecular formula is C30H37N7O5S. The zero-order valence-corrected chi connectivity index (χ0v) is 25.5.